The maximum absolute atomic E-state index is 13.9. The van der Waals surface area contributed by atoms with Gasteiger partial charge in [0.1, 0.15) is 11.6 Å². The van der Waals surface area contributed by atoms with Gasteiger partial charge in [0, 0.05) is 25.1 Å². The van der Waals surface area contributed by atoms with Crippen LogP contribution in [0.2, 0.25) is 0 Å². The molecule has 2 heterocycles. The summed E-state index contributed by atoms with van der Waals surface area (Å²) in [6.45, 7) is 2.35. The predicted molar refractivity (Wildman–Crippen MR) is 69.2 cm³/mol. The molecule has 0 bridgehead atoms. The van der Waals surface area contributed by atoms with Gasteiger partial charge in [-0.2, -0.15) is 4.98 Å². The van der Waals surface area contributed by atoms with Gasteiger partial charge in [-0.25, -0.2) is 8.78 Å². The molecule has 21 heavy (non-hydrogen) atoms. The Balaban J connectivity index is 1.86. The Morgan fingerprint density at radius 2 is 2.24 bits per heavy atom. The van der Waals surface area contributed by atoms with Gasteiger partial charge in [0.05, 0.1) is 12.6 Å². The molecule has 1 aromatic heterocycles. The lowest BCUT2D eigenvalue weighted by Gasteiger charge is -2.23. The second-order valence-corrected chi connectivity index (χ2v) is 5.23. The van der Waals surface area contributed by atoms with E-state index in [1.807, 2.05) is 4.90 Å². The molecule has 2 atom stereocenters. The molecule has 1 aromatic carbocycles. The Morgan fingerprint density at radius 1 is 1.43 bits per heavy atom. The summed E-state index contributed by atoms with van der Waals surface area (Å²) in [4.78, 5) is 5.92. The monoisotopic (exact) mass is 295 g/mol. The minimum Gasteiger partial charge on any atom is -0.392 e. The first-order valence-corrected chi connectivity index (χ1v) is 6.69. The van der Waals surface area contributed by atoms with Crippen LogP contribution < -0.4 is 0 Å². The van der Waals surface area contributed by atoms with E-state index in [0.717, 1.165) is 12.1 Å². The summed E-state index contributed by atoms with van der Waals surface area (Å²) in [6, 6.07) is 2.95. The van der Waals surface area contributed by atoms with Crippen LogP contribution in [-0.4, -0.2) is 32.8 Å². The van der Waals surface area contributed by atoms with Crippen LogP contribution >= 0.6 is 0 Å². The molecular weight excluding hydrogens is 280 g/mol. The van der Waals surface area contributed by atoms with Crippen LogP contribution in [0.3, 0.4) is 0 Å². The number of aliphatic hydroxyl groups is 1. The molecule has 1 aliphatic heterocycles. The highest BCUT2D eigenvalue weighted by Crippen LogP contribution is 2.34. The quantitative estimate of drug-likeness (QED) is 0.938. The third kappa shape index (κ3) is 2.93. The number of aromatic nitrogens is 2. The molecule has 2 aromatic rings. The first-order valence-electron chi connectivity index (χ1n) is 6.69. The Bertz CT molecular complexity index is 647. The lowest BCUT2D eigenvalue weighted by molar-refractivity contribution is 0.170. The molecule has 1 fully saturated rings. The van der Waals surface area contributed by atoms with Gasteiger partial charge in [0.2, 0.25) is 5.89 Å². The van der Waals surface area contributed by atoms with Gasteiger partial charge in [-0.05, 0) is 24.6 Å². The topological polar surface area (TPSA) is 62.4 Å². The Morgan fingerprint density at radius 3 is 2.95 bits per heavy atom. The van der Waals surface area contributed by atoms with Crippen LogP contribution in [0.25, 0.3) is 0 Å². The predicted octanol–water partition coefficient (Wildman–Crippen LogP) is 1.96. The second kappa shape index (κ2) is 5.50. The van der Waals surface area contributed by atoms with E-state index >= 15 is 0 Å². The minimum atomic E-state index is -0.592. The van der Waals surface area contributed by atoms with Crippen molar-refractivity contribution >= 4 is 0 Å². The summed E-state index contributed by atoms with van der Waals surface area (Å²) in [6.07, 6.45) is -0.248. The van der Waals surface area contributed by atoms with Crippen LogP contribution in [-0.2, 0) is 6.54 Å². The van der Waals surface area contributed by atoms with E-state index in [9.17, 15) is 13.9 Å². The molecule has 112 valence electrons. The van der Waals surface area contributed by atoms with E-state index in [4.69, 9.17) is 4.52 Å². The van der Waals surface area contributed by atoms with Crippen LogP contribution in [0.15, 0.2) is 22.7 Å². The van der Waals surface area contributed by atoms with E-state index in [1.165, 1.54) is 6.07 Å². The normalized spacial score (nSPS) is 22.9. The number of aryl methyl sites for hydroxylation is 1. The van der Waals surface area contributed by atoms with Gasteiger partial charge >= 0.3 is 0 Å². The van der Waals surface area contributed by atoms with Gasteiger partial charge in [-0.15, -0.1) is 0 Å². The molecule has 1 saturated heterocycles. The summed E-state index contributed by atoms with van der Waals surface area (Å²) >= 11 is 0. The number of likely N-dealkylation sites (tertiary alicyclic amines) is 1. The van der Waals surface area contributed by atoms with Gasteiger partial charge < -0.3 is 9.63 Å². The van der Waals surface area contributed by atoms with Gasteiger partial charge in [-0.3, -0.25) is 4.90 Å². The molecule has 7 heteroatoms. The number of β-amino-alcohol motifs (C(OH)–C–C–N with tert-alkyl or cyclic N) is 1. The van der Waals surface area contributed by atoms with Crippen molar-refractivity contribution in [3.8, 4) is 0 Å². The molecule has 0 spiro atoms. The van der Waals surface area contributed by atoms with E-state index in [0.29, 0.717) is 31.2 Å². The largest absolute Gasteiger partial charge is 0.392 e. The number of hydrogen-bond donors (Lipinski definition) is 1. The zero-order valence-electron chi connectivity index (χ0n) is 11.5. The Hall–Kier alpha value is -1.86. The molecular formula is C14H15F2N3O2. The zero-order chi connectivity index (χ0) is 15.0. The highest BCUT2D eigenvalue weighted by molar-refractivity contribution is 5.24. The maximum atomic E-state index is 13.9. The van der Waals surface area contributed by atoms with Gasteiger partial charge in [0.25, 0.3) is 0 Å². The summed E-state index contributed by atoms with van der Waals surface area (Å²) in [5, 5.41) is 13.6. The van der Waals surface area contributed by atoms with E-state index in [1.54, 1.807) is 6.92 Å². The van der Waals surface area contributed by atoms with Crippen LogP contribution in [0.5, 0.6) is 0 Å². The molecule has 0 unspecified atom stereocenters. The van der Waals surface area contributed by atoms with E-state index < -0.39 is 23.8 Å². The molecule has 1 N–H and O–H groups in total. The van der Waals surface area contributed by atoms with Gasteiger partial charge in [-0.1, -0.05) is 5.16 Å². The fraction of sp³-hybridized carbons (Fsp3) is 0.429. The molecule has 1 aliphatic rings. The lowest BCUT2D eigenvalue weighted by Crippen LogP contribution is -2.25. The maximum Gasteiger partial charge on any atom is 0.223 e. The van der Waals surface area contributed by atoms with Crippen molar-refractivity contribution in [2.45, 2.75) is 32.0 Å². The lowest BCUT2D eigenvalue weighted by atomic mass is 10.0. The molecule has 0 amide bonds. The molecule has 0 aliphatic carbocycles. The summed E-state index contributed by atoms with van der Waals surface area (Å²) in [5.41, 5.74) is 0.242. The first-order chi connectivity index (χ1) is 10.0. The van der Waals surface area contributed by atoms with Crippen LogP contribution in [0, 0.1) is 18.6 Å². The van der Waals surface area contributed by atoms with Crippen molar-refractivity contribution in [2.24, 2.45) is 0 Å². The average Bonchev–Trinajstić information content (AvgIpc) is 2.99. The molecule has 5 nitrogen and oxygen atoms in total. The number of rotatable bonds is 3. The van der Waals surface area contributed by atoms with Crippen LogP contribution in [0.4, 0.5) is 8.78 Å². The third-order valence-corrected chi connectivity index (χ3v) is 3.61. The second-order valence-electron chi connectivity index (χ2n) is 5.23. The average molecular weight is 295 g/mol. The smallest absolute Gasteiger partial charge is 0.223 e. The molecule has 0 saturated carbocycles. The number of halogens is 2. The zero-order valence-corrected chi connectivity index (χ0v) is 11.5. The van der Waals surface area contributed by atoms with Crippen LogP contribution in [0.1, 0.15) is 29.7 Å². The molecule has 0 radical (unpaired) electrons. The standard InChI is InChI=1S/C14H15F2N3O2/c1-8-17-14(18-21-8)7-19-6-10(20)5-13(19)11-4-9(15)2-3-12(11)16/h2-4,10,13,20H,5-7H2,1H3/t10-,13+/m0/s1. The number of nitrogens with zero attached hydrogens (tertiary/aromatic N) is 3. The highest BCUT2D eigenvalue weighted by atomic mass is 19.1. The number of benzene rings is 1. The van der Waals surface area contributed by atoms with Crippen molar-refractivity contribution in [1.82, 2.24) is 15.0 Å². The van der Waals surface area contributed by atoms with E-state index in [2.05, 4.69) is 10.1 Å². The van der Waals surface area contributed by atoms with E-state index in [-0.39, 0.29) is 5.56 Å². The Labute approximate surface area is 120 Å². The van der Waals surface area contributed by atoms with Crippen molar-refractivity contribution in [3.63, 3.8) is 0 Å². The molecule has 3 rings (SSSR count). The summed E-state index contributed by atoms with van der Waals surface area (Å²) in [7, 11) is 0. The number of hydrogen-bond acceptors (Lipinski definition) is 5. The first kappa shape index (κ1) is 14.1. The van der Waals surface area contributed by atoms with Crippen molar-refractivity contribution in [1.29, 1.82) is 0 Å². The highest BCUT2D eigenvalue weighted by Gasteiger charge is 2.34. The summed E-state index contributed by atoms with van der Waals surface area (Å²) < 4.78 is 32.2. The van der Waals surface area contributed by atoms with Gasteiger partial charge in [0.15, 0.2) is 5.82 Å². The van der Waals surface area contributed by atoms with Crippen molar-refractivity contribution in [2.75, 3.05) is 6.54 Å². The van der Waals surface area contributed by atoms with Crippen molar-refractivity contribution < 1.29 is 18.4 Å². The third-order valence-electron chi connectivity index (χ3n) is 3.61. The fourth-order valence-corrected chi connectivity index (χ4v) is 2.73. The number of aliphatic hydroxyl groups excluding tert-OH is 1. The van der Waals surface area contributed by atoms with Crippen molar-refractivity contribution in [3.05, 3.63) is 47.1 Å². The minimum absolute atomic E-state index is 0.242. The summed E-state index contributed by atoms with van der Waals surface area (Å²) in [5.74, 6) is -0.0745. The fourth-order valence-electron chi connectivity index (χ4n) is 2.73. The Kier molecular flexibility index (Phi) is 3.69. The SMILES string of the molecule is Cc1nc(CN2C[C@@H](O)C[C@@H]2c2cc(F)ccc2F)no1.